The lowest BCUT2D eigenvalue weighted by Gasteiger charge is -2.26. The fourth-order valence-corrected chi connectivity index (χ4v) is 3.27. The Labute approximate surface area is 119 Å². The highest BCUT2D eigenvalue weighted by molar-refractivity contribution is 5.94. The van der Waals surface area contributed by atoms with Crippen molar-refractivity contribution in [3.63, 3.8) is 0 Å². The Hall–Kier alpha value is -1.36. The van der Waals surface area contributed by atoms with E-state index in [1.54, 1.807) is 0 Å². The number of fused-ring (bicyclic) bond motifs is 1. The second-order valence-corrected chi connectivity index (χ2v) is 5.96. The summed E-state index contributed by atoms with van der Waals surface area (Å²) in [5, 5.41) is 7.30. The van der Waals surface area contributed by atoms with Gasteiger partial charge < -0.3 is 9.64 Å². The second kappa shape index (κ2) is 5.56. The molecule has 1 fully saturated rings. The van der Waals surface area contributed by atoms with Crippen molar-refractivity contribution >= 4 is 5.91 Å². The molecule has 0 spiro atoms. The van der Waals surface area contributed by atoms with Crippen LogP contribution in [0.1, 0.15) is 67.4 Å². The van der Waals surface area contributed by atoms with Gasteiger partial charge in [-0.25, -0.2) is 0 Å². The van der Waals surface area contributed by atoms with E-state index in [0.717, 1.165) is 43.6 Å². The summed E-state index contributed by atoms with van der Waals surface area (Å²) in [5.74, 6) is 0.0886. The molecule has 20 heavy (non-hydrogen) atoms. The van der Waals surface area contributed by atoms with E-state index in [1.807, 2.05) is 18.7 Å². The maximum Gasteiger partial charge on any atom is 0.274 e. The summed E-state index contributed by atoms with van der Waals surface area (Å²) in [6, 6.07) is 0. The van der Waals surface area contributed by atoms with Crippen molar-refractivity contribution in [3.05, 3.63) is 17.0 Å². The molecule has 1 aromatic heterocycles. The van der Waals surface area contributed by atoms with Gasteiger partial charge in [-0.1, -0.05) is 12.8 Å². The molecule has 2 atom stereocenters. The van der Waals surface area contributed by atoms with Crippen molar-refractivity contribution in [2.24, 2.45) is 0 Å². The van der Waals surface area contributed by atoms with Gasteiger partial charge in [-0.3, -0.25) is 9.89 Å². The summed E-state index contributed by atoms with van der Waals surface area (Å²) >= 11 is 0. The predicted octanol–water partition coefficient (Wildman–Crippen LogP) is 2.45. The van der Waals surface area contributed by atoms with Crippen molar-refractivity contribution in [2.75, 3.05) is 13.1 Å². The fraction of sp³-hybridized carbons (Fsp3) is 0.733. The number of aromatic nitrogens is 2. The summed E-state index contributed by atoms with van der Waals surface area (Å²) < 4.78 is 5.78. The summed E-state index contributed by atoms with van der Waals surface area (Å²) in [6.07, 6.45) is 5.57. The lowest BCUT2D eigenvalue weighted by atomic mass is 9.99. The smallest absolute Gasteiger partial charge is 0.274 e. The van der Waals surface area contributed by atoms with Crippen LogP contribution in [-0.4, -0.2) is 40.2 Å². The average molecular weight is 277 g/mol. The Morgan fingerprint density at radius 2 is 1.95 bits per heavy atom. The zero-order chi connectivity index (χ0) is 14.1. The number of nitrogens with zero attached hydrogens (tertiary/aromatic N) is 2. The lowest BCUT2D eigenvalue weighted by Crippen LogP contribution is -2.33. The molecule has 1 saturated heterocycles. The predicted molar refractivity (Wildman–Crippen MR) is 75.6 cm³/mol. The van der Waals surface area contributed by atoms with Crippen LogP contribution in [0.3, 0.4) is 0 Å². The molecule has 0 bridgehead atoms. The van der Waals surface area contributed by atoms with Gasteiger partial charge in [0.25, 0.3) is 5.91 Å². The van der Waals surface area contributed by atoms with Crippen molar-refractivity contribution in [1.82, 2.24) is 15.1 Å². The topological polar surface area (TPSA) is 58.2 Å². The van der Waals surface area contributed by atoms with Crippen molar-refractivity contribution < 1.29 is 9.53 Å². The fourth-order valence-electron chi connectivity index (χ4n) is 3.27. The molecule has 0 aliphatic carbocycles. The molecule has 5 heteroatoms. The van der Waals surface area contributed by atoms with E-state index in [-0.39, 0.29) is 18.1 Å². The maximum atomic E-state index is 12.7. The van der Waals surface area contributed by atoms with Crippen LogP contribution in [0.15, 0.2) is 0 Å². The molecule has 5 nitrogen and oxygen atoms in total. The number of hydrogen-bond acceptors (Lipinski definition) is 3. The van der Waals surface area contributed by atoms with Crippen LogP contribution in [0.25, 0.3) is 0 Å². The van der Waals surface area contributed by atoms with E-state index >= 15 is 0 Å². The molecular formula is C15H23N3O2. The molecule has 0 saturated carbocycles. The highest BCUT2D eigenvalue weighted by atomic mass is 16.5. The number of likely N-dealkylation sites (tertiary alicyclic amines) is 1. The minimum Gasteiger partial charge on any atom is -0.369 e. The van der Waals surface area contributed by atoms with Crippen LogP contribution in [0.2, 0.25) is 0 Å². The van der Waals surface area contributed by atoms with Gasteiger partial charge in [-0.2, -0.15) is 5.10 Å². The zero-order valence-electron chi connectivity index (χ0n) is 12.3. The number of rotatable bonds is 1. The van der Waals surface area contributed by atoms with Crippen LogP contribution in [0.4, 0.5) is 0 Å². The quantitative estimate of drug-likeness (QED) is 0.857. The Balaban J connectivity index is 1.85. The highest BCUT2D eigenvalue weighted by Crippen LogP contribution is 2.30. The monoisotopic (exact) mass is 277 g/mol. The first-order valence-electron chi connectivity index (χ1n) is 7.68. The van der Waals surface area contributed by atoms with Gasteiger partial charge in [0.15, 0.2) is 5.69 Å². The molecule has 0 aromatic carbocycles. The summed E-state index contributed by atoms with van der Waals surface area (Å²) in [4.78, 5) is 14.7. The van der Waals surface area contributed by atoms with Gasteiger partial charge >= 0.3 is 0 Å². The van der Waals surface area contributed by atoms with Gasteiger partial charge in [0.1, 0.15) is 0 Å². The third-order valence-corrected chi connectivity index (χ3v) is 4.33. The van der Waals surface area contributed by atoms with Crippen molar-refractivity contribution in [3.8, 4) is 0 Å². The van der Waals surface area contributed by atoms with Crippen LogP contribution in [-0.2, 0) is 11.2 Å². The molecular weight excluding hydrogens is 254 g/mol. The molecule has 1 N–H and O–H groups in total. The van der Waals surface area contributed by atoms with Crippen molar-refractivity contribution in [1.29, 1.82) is 0 Å². The average Bonchev–Trinajstić information content (AvgIpc) is 2.66. The number of ether oxygens (including phenoxy) is 1. The van der Waals surface area contributed by atoms with Crippen LogP contribution < -0.4 is 0 Å². The number of carbonyl (C=O) groups excluding carboxylic acids is 1. The van der Waals surface area contributed by atoms with Crippen LogP contribution >= 0.6 is 0 Å². The second-order valence-electron chi connectivity index (χ2n) is 5.96. The van der Waals surface area contributed by atoms with E-state index in [4.69, 9.17) is 4.74 Å². The molecule has 3 heterocycles. The molecule has 3 rings (SSSR count). The molecule has 2 aliphatic rings. The number of nitrogens with one attached hydrogen (secondary N) is 1. The van der Waals surface area contributed by atoms with E-state index < -0.39 is 0 Å². The first-order valence-corrected chi connectivity index (χ1v) is 7.68. The molecule has 0 unspecified atom stereocenters. The molecule has 1 amide bonds. The normalized spacial score (nSPS) is 27.0. The van der Waals surface area contributed by atoms with Crippen LogP contribution in [0.5, 0.6) is 0 Å². The minimum atomic E-state index is -0.00747. The molecule has 110 valence electrons. The van der Waals surface area contributed by atoms with Gasteiger partial charge in [-0.05, 0) is 26.7 Å². The summed E-state index contributed by atoms with van der Waals surface area (Å²) in [5.41, 5.74) is 2.65. The Morgan fingerprint density at radius 3 is 2.65 bits per heavy atom. The van der Waals surface area contributed by atoms with Gasteiger partial charge in [0.2, 0.25) is 0 Å². The number of amides is 1. The van der Waals surface area contributed by atoms with Gasteiger partial charge in [0, 0.05) is 25.1 Å². The van der Waals surface area contributed by atoms with E-state index in [2.05, 4.69) is 10.2 Å². The van der Waals surface area contributed by atoms with Crippen molar-refractivity contribution in [2.45, 2.75) is 58.2 Å². The molecule has 2 aliphatic heterocycles. The van der Waals surface area contributed by atoms with E-state index in [1.165, 1.54) is 12.8 Å². The Kier molecular flexibility index (Phi) is 3.78. The lowest BCUT2D eigenvalue weighted by molar-refractivity contribution is -0.00701. The standard InChI is InChI=1S/C15H23N3O2/c1-10-9-12-13(11(2)20-10)16-17-14(12)15(19)18-7-5-3-4-6-8-18/h10-11H,3-9H2,1-2H3,(H,16,17)/t10-,11+/m1/s1. The SMILES string of the molecule is C[C@@H]1Cc2c(C(=O)N3CCCCCC3)n[nH]c2[C@H](C)O1. The Morgan fingerprint density at radius 1 is 1.25 bits per heavy atom. The van der Waals surface area contributed by atoms with Crippen LogP contribution in [0, 0.1) is 0 Å². The molecule has 1 aromatic rings. The van der Waals surface area contributed by atoms with Gasteiger partial charge in [-0.15, -0.1) is 0 Å². The summed E-state index contributed by atoms with van der Waals surface area (Å²) in [6.45, 7) is 5.78. The number of aromatic amines is 1. The molecule has 0 radical (unpaired) electrons. The third kappa shape index (κ3) is 2.46. The Bertz CT molecular complexity index is 489. The largest absolute Gasteiger partial charge is 0.369 e. The highest BCUT2D eigenvalue weighted by Gasteiger charge is 2.31. The number of H-pyrrole nitrogens is 1. The first kappa shape index (κ1) is 13.6. The minimum absolute atomic E-state index is 0.00747. The van der Waals surface area contributed by atoms with Gasteiger partial charge in [0.05, 0.1) is 17.9 Å². The van der Waals surface area contributed by atoms with E-state index in [0.29, 0.717) is 5.69 Å². The number of carbonyl (C=O) groups is 1. The maximum absolute atomic E-state index is 12.7. The zero-order valence-corrected chi connectivity index (χ0v) is 12.3. The summed E-state index contributed by atoms with van der Waals surface area (Å²) in [7, 11) is 0. The number of hydrogen-bond donors (Lipinski definition) is 1. The first-order chi connectivity index (χ1) is 9.66. The third-order valence-electron chi connectivity index (χ3n) is 4.33. The van der Waals surface area contributed by atoms with E-state index in [9.17, 15) is 4.79 Å².